The van der Waals surface area contributed by atoms with E-state index in [0.29, 0.717) is 23.2 Å². The first kappa shape index (κ1) is 16.7. The van der Waals surface area contributed by atoms with Crippen LogP contribution in [-0.2, 0) is 0 Å². The second-order valence-electron chi connectivity index (χ2n) is 5.98. The van der Waals surface area contributed by atoms with E-state index in [9.17, 15) is 4.79 Å². The van der Waals surface area contributed by atoms with Gasteiger partial charge in [0.1, 0.15) is 5.82 Å². The van der Waals surface area contributed by atoms with Gasteiger partial charge in [0.15, 0.2) is 0 Å². The predicted octanol–water partition coefficient (Wildman–Crippen LogP) is 4.36. The lowest BCUT2D eigenvalue weighted by atomic mass is 10.1. The Morgan fingerprint density at radius 3 is 2.19 bits per heavy atom. The fourth-order valence-electron chi connectivity index (χ4n) is 2.60. The number of benzene rings is 2. The van der Waals surface area contributed by atoms with Crippen molar-refractivity contribution in [2.24, 2.45) is 0 Å². The average Bonchev–Trinajstić information content (AvgIpc) is 3.21. The predicted molar refractivity (Wildman–Crippen MR) is 102 cm³/mol. The Bertz CT molecular complexity index is 1070. The second kappa shape index (κ2) is 7.21. The molecule has 0 atom stereocenters. The van der Waals surface area contributed by atoms with Crippen LogP contribution in [0, 0.1) is 6.92 Å². The number of carbonyl (C=O) groups excluding carboxylic acids is 1. The highest BCUT2D eigenvalue weighted by atomic mass is 16.4. The summed E-state index contributed by atoms with van der Waals surface area (Å²) in [6.45, 7) is 1.89. The van der Waals surface area contributed by atoms with Gasteiger partial charge in [-0.3, -0.25) is 4.79 Å². The van der Waals surface area contributed by atoms with Crippen molar-refractivity contribution in [2.75, 3.05) is 5.32 Å². The fourth-order valence-corrected chi connectivity index (χ4v) is 2.60. The SMILES string of the molecule is Cc1cccnc1NC(=O)c1ccc(-c2nnc(-c3ccccc3)o2)cc1. The van der Waals surface area contributed by atoms with Crippen LogP contribution in [0.1, 0.15) is 15.9 Å². The van der Waals surface area contributed by atoms with E-state index >= 15 is 0 Å². The summed E-state index contributed by atoms with van der Waals surface area (Å²) < 4.78 is 5.73. The summed E-state index contributed by atoms with van der Waals surface area (Å²) in [6.07, 6.45) is 1.64. The molecule has 6 heteroatoms. The first-order chi connectivity index (χ1) is 13.2. The van der Waals surface area contributed by atoms with Gasteiger partial charge in [0.25, 0.3) is 5.91 Å². The number of carbonyl (C=O) groups is 1. The van der Waals surface area contributed by atoms with Gasteiger partial charge in [0.2, 0.25) is 11.8 Å². The molecule has 2 aromatic heterocycles. The summed E-state index contributed by atoms with van der Waals surface area (Å²) in [4.78, 5) is 16.6. The highest BCUT2D eigenvalue weighted by Gasteiger charge is 2.12. The number of pyridine rings is 1. The van der Waals surface area contributed by atoms with Crippen LogP contribution in [0.25, 0.3) is 22.9 Å². The number of aromatic nitrogens is 3. The Kier molecular flexibility index (Phi) is 4.45. The van der Waals surface area contributed by atoms with Gasteiger partial charge in [-0.1, -0.05) is 24.3 Å². The van der Waals surface area contributed by atoms with Gasteiger partial charge in [0, 0.05) is 22.9 Å². The number of nitrogens with zero attached hydrogens (tertiary/aromatic N) is 3. The summed E-state index contributed by atoms with van der Waals surface area (Å²) in [5.41, 5.74) is 3.03. The lowest BCUT2D eigenvalue weighted by Crippen LogP contribution is -2.13. The molecule has 2 aromatic carbocycles. The number of anilines is 1. The third-order valence-electron chi connectivity index (χ3n) is 4.08. The summed E-state index contributed by atoms with van der Waals surface area (Å²) in [6, 6.07) is 20.3. The van der Waals surface area contributed by atoms with Crippen molar-refractivity contribution in [3.63, 3.8) is 0 Å². The lowest BCUT2D eigenvalue weighted by Gasteiger charge is -2.07. The van der Waals surface area contributed by atoms with Crippen molar-refractivity contribution in [1.29, 1.82) is 0 Å². The van der Waals surface area contributed by atoms with Crippen molar-refractivity contribution < 1.29 is 9.21 Å². The van der Waals surface area contributed by atoms with Crippen molar-refractivity contribution in [3.8, 4) is 22.9 Å². The molecule has 0 aliphatic heterocycles. The summed E-state index contributed by atoms with van der Waals surface area (Å²) >= 11 is 0. The number of aryl methyl sites for hydroxylation is 1. The van der Waals surface area contributed by atoms with Gasteiger partial charge in [-0.25, -0.2) is 4.98 Å². The minimum absolute atomic E-state index is 0.223. The van der Waals surface area contributed by atoms with Crippen molar-refractivity contribution in [2.45, 2.75) is 6.92 Å². The van der Waals surface area contributed by atoms with Crippen molar-refractivity contribution in [3.05, 3.63) is 84.1 Å². The molecule has 0 fully saturated rings. The molecule has 0 spiro atoms. The van der Waals surface area contributed by atoms with E-state index in [-0.39, 0.29) is 5.91 Å². The zero-order valence-corrected chi connectivity index (χ0v) is 14.6. The van der Waals surface area contributed by atoms with E-state index in [1.54, 1.807) is 30.5 Å². The quantitative estimate of drug-likeness (QED) is 0.587. The Balaban J connectivity index is 1.52. The van der Waals surface area contributed by atoms with E-state index in [1.807, 2.05) is 49.4 Å². The molecule has 0 aliphatic rings. The zero-order valence-electron chi connectivity index (χ0n) is 14.6. The minimum atomic E-state index is -0.223. The van der Waals surface area contributed by atoms with Crippen LogP contribution in [0.4, 0.5) is 5.82 Å². The van der Waals surface area contributed by atoms with Gasteiger partial charge >= 0.3 is 0 Å². The van der Waals surface area contributed by atoms with Gasteiger partial charge in [-0.2, -0.15) is 0 Å². The normalized spacial score (nSPS) is 10.6. The molecular weight excluding hydrogens is 340 g/mol. The van der Waals surface area contributed by atoms with Crippen molar-refractivity contribution >= 4 is 11.7 Å². The first-order valence-electron chi connectivity index (χ1n) is 8.43. The molecule has 0 aliphatic carbocycles. The Labute approximate surface area is 155 Å². The Morgan fingerprint density at radius 2 is 1.52 bits per heavy atom. The third-order valence-corrected chi connectivity index (χ3v) is 4.08. The topological polar surface area (TPSA) is 80.9 Å². The van der Waals surface area contributed by atoms with Crippen LogP contribution in [0.5, 0.6) is 0 Å². The standard InChI is InChI=1S/C21H16N4O2/c1-14-6-5-13-22-18(14)23-19(26)15-9-11-17(12-10-15)21-25-24-20(27-21)16-7-3-2-4-8-16/h2-13H,1H3,(H,22,23,26). The van der Waals surface area contributed by atoms with E-state index in [4.69, 9.17) is 4.42 Å². The van der Waals surface area contributed by atoms with Gasteiger partial charge in [-0.05, 0) is 55.0 Å². The average molecular weight is 356 g/mol. The molecule has 0 radical (unpaired) electrons. The summed E-state index contributed by atoms with van der Waals surface area (Å²) in [5, 5.41) is 11.0. The van der Waals surface area contributed by atoms with Crippen LogP contribution < -0.4 is 5.32 Å². The molecule has 1 N–H and O–H groups in total. The summed E-state index contributed by atoms with van der Waals surface area (Å²) in [7, 11) is 0. The van der Waals surface area contributed by atoms with Crippen LogP contribution in [0.2, 0.25) is 0 Å². The highest BCUT2D eigenvalue weighted by molar-refractivity contribution is 6.04. The fraction of sp³-hybridized carbons (Fsp3) is 0.0476. The summed E-state index contributed by atoms with van der Waals surface area (Å²) in [5.74, 6) is 1.19. The monoisotopic (exact) mass is 356 g/mol. The number of rotatable bonds is 4. The van der Waals surface area contributed by atoms with E-state index in [0.717, 1.165) is 16.7 Å². The molecule has 4 rings (SSSR count). The maximum Gasteiger partial charge on any atom is 0.256 e. The zero-order chi connectivity index (χ0) is 18.6. The first-order valence-corrected chi connectivity index (χ1v) is 8.43. The molecule has 0 bridgehead atoms. The van der Waals surface area contributed by atoms with Gasteiger partial charge < -0.3 is 9.73 Å². The number of hydrogen-bond donors (Lipinski definition) is 1. The van der Waals surface area contributed by atoms with Crippen LogP contribution in [-0.4, -0.2) is 21.1 Å². The Morgan fingerprint density at radius 1 is 0.852 bits per heavy atom. The highest BCUT2D eigenvalue weighted by Crippen LogP contribution is 2.24. The van der Waals surface area contributed by atoms with Crippen LogP contribution in [0.15, 0.2) is 77.3 Å². The molecule has 4 aromatic rings. The maximum absolute atomic E-state index is 12.4. The maximum atomic E-state index is 12.4. The molecule has 27 heavy (non-hydrogen) atoms. The molecular formula is C21H16N4O2. The Hall–Kier alpha value is -3.80. The molecule has 6 nitrogen and oxygen atoms in total. The van der Waals surface area contributed by atoms with Gasteiger partial charge in [-0.15, -0.1) is 10.2 Å². The number of hydrogen-bond acceptors (Lipinski definition) is 5. The molecule has 132 valence electrons. The van der Waals surface area contributed by atoms with E-state index in [1.165, 1.54) is 0 Å². The van der Waals surface area contributed by atoms with E-state index in [2.05, 4.69) is 20.5 Å². The minimum Gasteiger partial charge on any atom is -0.416 e. The van der Waals surface area contributed by atoms with E-state index < -0.39 is 0 Å². The largest absolute Gasteiger partial charge is 0.416 e. The molecule has 1 amide bonds. The van der Waals surface area contributed by atoms with Crippen LogP contribution >= 0.6 is 0 Å². The van der Waals surface area contributed by atoms with Gasteiger partial charge in [0.05, 0.1) is 0 Å². The molecule has 0 unspecified atom stereocenters. The molecule has 0 saturated carbocycles. The molecule has 2 heterocycles. The molecule has 0 saturated heterocycles. The number of amides is 1. The lowest BCUT2D eigenvalue weighted by molar-refractivity contribution is 0.102. The van der Waals surface area contributed by atoms with Crippen molar-refractivity contribution in [1.82, 2.24) is 15.2 Å². The third kappa shape index (κ3) is 3.59. The number of nitrogens with one attached hydrogen (secondary N) is 1. The van der Waals surface area contributed by atoms with Crippen LogP contribution in [0.3, 0.4) is 0 Å². The smallest absolute Gasteiger partial charge is 0.256 e. The second-order valence-corrected chi connectivity index (χ2v) is 5.98.